The molecule has 22 heavy (non-hydrogen) atoms. The molecule has 1 aliphatic heterocycles. The smallest absolute Gasteiger partial charge is 0.414 e. The highest BCUT2D eigenvalue weighted by Crippen LogP contribution is 2.24. The van der Waals surface area contributed by atoms with Crippen LogP contribution in [0, 0.1) is 12.7 Å². The third-order valence-electron chi connectivity index (χ3n) is 3.20. The fourth-order valence-electron chi connectivity index (χ4n) is 2.12. The molecule has 2 heterocycles. The molecule has 0 bridgehead atoms. The summed E-state index contributed by atoms with van der Waals surface area (Å²) in [5.41, 5.74) is 1.04. The van der Waals surface area contributed by atoms with E-state index in [-0.39, 0.29) is 11.9 Å². The van der Waals surface area contributed by atoms with Gasteiger partial charge in [-0.2, -0.15) is 0 Å². The first-order chi connectivity index (χ1) is 10.6. The fraction of sp³-hybridized carbons (Fsp3) is 0.400. The van der Waals surface area contributed by atoms with Crippen LogP contribution in [0.15, 0.2) is 30.6 Å². The molecule has 0 spiro atoms. The summed E-state index contributed by atoms with van der Waals surface area (Å²) in [5, 5.41) is 7.52. The van der Waals surface area contributed by atoms with E-state index in [4.69, 9.17) is 4.74 Å². The molecule has 1 atom stereocenters. The summed E-state index contributed by atoms with van der Waals surface area (Å²) in [7, 11) is 0. The van der Waals surface area contributed by atoms with Crippen molar-refractivity contribution in [3.63, 3.8) is 0 Å². The second-order valence-electron chi connectivity index (χ2n) is 4.67. The molecule has 1 aromatic heterocycles. The summed E-state index contributed by atoms with van der Waals surface area (Å²) >= 11 is 0. The van der Waals surface area contributed by atoms with Crippen LogP contribution >= 0.6 is 0 Å². The van der Waals surface area contributed by atoms with Crippen molar-refractivity contribution in [2.45, 2.75) is 33.4 Å². The number of hydrogen-bond acceptors (Lipinski definition) is 4. The summed E-state index contributed by atoms with van der Waals surface area (Å²) in [5.74, 6) is -0.338. The first-order valence-electron chi connectivity index (χ1n) is 7.22. The average molecular weight is 306 g/mol. The normalized spacial score (nSPS) is 17.0. The molecular weight excluding hydrogens is 287 g/mol. The van der Waals surface area contributed by atoms with Crippen molar-refractivity contribution in [1.82, 2.24) is 15.0 Å². The van der Waals surface area contributed by atoms with Gasteiger partial charge in [-0.05, 0) is 24.6 Å². The molecule has 118 valence electrons. The van der Waals surface area contributed by atoms with Gasteiger partial charge in [0.15, 0.2) is 0 Å². The second kappa shape index (κ2) is 7.02. The predicted octanol–water partition coefficient (Wildman–Crippen LogP) is 2.78. The highest BCUT2D eigenvalue weighted by atomic mass is 19.1. The molecule has 6 nitrogen and oxygen atoms in total. The molecule has 1 saturated heterocycles. The quantitative estimate of drug-likeness (QED) is 0.875. The predicted molar refractivity (Wildman–Crippen MR) is 80.1 cm³/mol. The number of benzene rings is 1. The van der Waals surface area contributed by atoms with Crippen LogP contribution in [-0.2, 0) is 11.3 Å². The maximum Gasteiger partial charge on any atom is 0.414 e. The van der Waals surface area contributed by atoms with Gasteiger partial charge >= 0.3 is 6.09 Å². The van der Waals surface area contributed by atoms with Gasteiger partial charge in [0.25, 0.3) is 0 Å². The van der Waals surface area contributed by atoms with Crippen LogP contribution in [0.25, 0.3) is 0 Å². The number of cyclic esters (lactones) is 1. The Bertz CT molecular complexity index is 630. The minimum atomic E-state index is -0.474. The molecule has 7 heteroatoms. The summed E-state index contributed by atoms with van der Waals surface area (Å²) in [6.07, 6.45) is 2.46. The first kappa shape index (κ1) is 15.9. The second-order valence-corrected chi connectivity index (χ2v) is 4.67. The van der Waals surface area contributed by atoms with Crippen molar-refractivity contribution < 1.29 is 13.9 Å². The maximum atomic E-state index is 13.6. The van der Waals surface area contributed by atoms with Gasteiger partial charge in [0, 0.05) is 6.20 Å². The molecule has 1 fully saturated rings. The monoisotopic (exact) mass is 306 g/mol. The Kier molecular flexibility index (Phi) is 5.08. The summed E-state index contributed by atoms with van der Waals surface area (Å²) in [6.45, 7) is 6.46. The Hall–Kier alpha value is -2.44. The van der Waals surface area contributed by atoms with Crippen LogP contribution in [-0.4, -0.2) is 33.7 Å². The van der Waals surface area contributed by atoms with Gasteiger partial charge in [-0.15, -0.1) is 5.10 Å². The number of carbonyl (C=O) groups excluding carboxylic acids is 1. The Morgan fingerprint density at radius 2 is 2.18 bits per heavy atom. The van der Waals surface area contributed by atoms with Crippen LogP contribution in [0.1, 0.15) is 19.4 Å². The van der Waals surface area contributed by atoms with E-state index < -0.39 is 6.09 Å². The van der Waals surface area contributed by atoms with E-state index in [9.17, 15) is 9.18 Å². The van der Waals surface area contributed by atoms with Crippen LogP contribution in [0.2, 0.25) is 0 Å². The van der Waals surface area contributed by atoms with E-state index in [0.717, 1.165) is 0 Å². The molecule has 0 unspecified atom stereocenters. The lowest BCUT2D eigenvalue weighted by Gasteiger charge is -2.13. The number of aromatic nitrogens is 3. The molecule has 2 aromatic rings. The molecule has 0 aliphatic carbocycles. The van der Waals surface area contributed by atoms with E-state index in [2.05, 4.69) is 10.3 Å². The van der Waals surface area contributed by atoms with Crippen LogP contribution in [0.3, 0.4) is 0 Å². The van der Waals surface area contributed by atoms with Gasteiger partial charge in [0.1, 0.15) is 11.9 Å². The molecule has 0 saturated carbocycles. The third-order valence-corrected chi connectivity index (χ3v) is 3.20. The molecule has 0 N–H and O–H groups in total. The Morgan fingerprint density at radius 3 is 2.82 bits per heavy atom. The van der Waals surface area contributed by atoms with E-state index in [0.29, 0.717) is 24.3 Å². The van der Waals surface area contributed by atoms with Crippen LogP contribution in [0.5, 0.6) is 0 Å². The van der Waals surface area contributed by atoms with Crippen molar-refractivity contribution in [3.05, 3.63) is 42.0 Å². The number of carbonyl (C=O) groups is 1. The van der Waals surface area contributed by atoms with Crippen LogP contribution < -0.4 is 4.90 Å². The maximum absolute atomic E-state index is 13.6. The number of aryl methyl sites for hydroxylation is 1. The summed E-state index contributed by atoms with van der Waals surface area (Å²) < 4.78 is 20.4. The molecular formula is C15H19FN4O2. The highest BCUT2D eigenvalue weighted by Gasteiger charge is 2.32. The number of anilines is 1. The number of nitrogens with zero attached hydrogens (tertiary/aromatic N) is 4. The zero-order valence-electron chi connectivity index (χ0n) is 12.9. The van der Waals surface area contributed by atoms with E-state index >= 15 is 0 Å². The van der Waals surface area contributed by atoms with Gasteiger partial charge in [-0.3, -0.25) is 4.90 Å². The molecule has 0 radical (unpaired) electrons. The number of rotatable bonds is 3. The first-order valence-corrected chi connectivity index (χ1v) is 7.22. The SMILES string of the molecule is CC.Cc1ccc(N2C[C@H](Cn3ccnn3)OC2=O)cc1F. The van der Waals surface area contributed by atoms with Gasteiger partial charge < -0.3 is 4.74 Å². The Morgan fingerprint density at radius 1 is 1.41 bits per heavy atom. The van der Waals surface area contributed by atoms with Crippen molar-refractivity contribution in [2.24, 2.45) is 0 Å². The third kappa shape index (κ3) is 3.41. The average Bonchev–Trinajstić information content (AvgIpc) is 3.14. The van der Waals surface area contributed by atoms with Gasteiger partial charge in [0.05, 0.1) is 25.0 Å². The lowest BCUT2D eigenvalue weighted by molar-refractivity contribution is 0.129. The van der Waals surface area contributed by atoms with Crippen molar-refractivity contribution in [2.75, 3.05) is 11.4 Å². The van der Waals surface area contributed by atoms with Gasteiger partial charge in [-0.1, -0.05) is 25.1 Å². The number of halogens is 1. The Balaban J connectivity index is 0.000000847. The zero-order valence-corrected chi connectivity index (χ0v) is 12.9. The number of hydrogen-bond donors (Lipinski definition) is 0. The molecule has 1 aromatic carbocycles. The van der Waals surface area contributed by atoms with E-state index in [1.165, 1.54) is 11.0 Å². The zero-order chi connectivity index (χ0) is 16.1. The minimum absolute atomic E-state index is 0.325. The van der Waals surface area contributed by atoms with Crippen LogP contribution in [0.4, 0.5) is 14.9 Å². The lowest BCUT2D eigenvalue weighted by Crippen LogP contribution is -2.26. The Labute approximate surface area is 128 Å². The fourth-order valence-corrected chi connectivity index (χ4v) is 2.12. The van der Waals surface area contributed by atoms with E-state index in [1.807, 2.05) is 13.8 Å². The van der Waals surface area contributed by atoms with Gasteiger partial charge in [-0.25, -0.2) is 13.9 Å². The van der Waals surface area contributed by atoms with Crippen molar-refractivity contribution >= 4 is 11.8 Å². The topological polar surface area (TPSA) is 60.3 Å². The largest absolute Gasteiger partial charge is 0.442 e. The standard InChI is InChI=1S/C13H13FN4O2.C2H6/c1-9-2-3-10(6-12(9)14)18-8-11(20-13(18)19)7-17-5-4-15-16-17;1-2/h2-6,11H,7-8H2,1H3;1-2H3/t11-;/m0./s1. The molecule has 1 amide bonds. The number of amides is 1. The van der Waals surface area contributed by atoms with E-state index in [1.54, 1.807) is 36.1 Å². The molecule has 1 aliphatic rings. The summed E-state index contributed by atoms with van der Waals surface area (Å²) in [6, 6.07) is 4.69. The minimum Gasteiger partial charge on any atom is -0.442 e. The lowest BCUT2D eigenvalue weighted by atomic mass is 10.2. The van der Waals surface area contributed by atoms with Gasteiger partial charge in [0.2, 0.25) is 0 Å². The van der Waals surface area contributed by atoms with Crippen molar-refractivity contribution in [1.29, 1.82) is 0 Å². The summed E-state index contributed by atoms with van der Waals surface area (Å²) in [4.78, 5) is 13.3. The number of ether oxygens (including phenoxy) is 1. The molecule has 3 rings (SSSR count). The van der Waals surface area contributed by atoms with Crippen molar-refractivity contribution in [3.8, 4) is 0 Å². The highest BCUT2D eigenvalue weighted by molar-refractivity contribution is 5.89.